The molecule has 0 aliphatic carbocycles. The molecule has 10 heteroatoms. The molecule has 2 aromatic carbocycles. The van der Waals surface area contributed by atoms with E-state index in [4.69, 9.17) is 4.74 Å². The van der Waals surface area contributed by atoms with Gasteiger partial charge in [0, 0.05) is 17.8 Å². The molecule has 2 aromatic rings. The molecule has 0 aliphatic rings. The fourth-order valence-electron chi connectivity index (χ4n) is 2.16. The number of hydrazine groups is 1. The van der Waals surface area contributed by atoms with E-state index >= 15 is 0 Å². The number of urea groups is 1. The van der Waals surface area contributed by atoms with Gasteiger partial charge >= 0.3 is 12.0 Å². The molecule has 0 fully saturated rings. The van der Waals surface area contributed by atoms with Crippen LogP contribution in [-0.4, -0.2) is 29.4 Å². The molecule has 0 heterocycles. The van der Waals surface area contributed by atoms with Crippen LogP contribution in [0.15, 0.2) is 48.5 Å². The fraction of sp³-hybridized carbons (Fsp3) is 0.167. The summed E-state index contributed by atoms with van der Waals surface area (Å²) in [4.78, 5) is 45.3. The van der Waals surface area contributed by atoms with Gasteiger partial charge in [-0.1, -0.05) is 12.1 Å². The smallest absolute Gasteiger partial charge is 0.338 e. The second-order valence-electron chi connectivity index (χ2n) is 5.53. The normalized spacial score (nSPS) is 9.89. The van der Waals surface area contributed by atoms with Crippen LogP contribution in [0, 0.1) is 10.1 Å². The zero-order chi connectivity index (χ0) is 20.5. The largest absolute Gasteiger partial charge is 0.462 e. The summed E-state index contributed by atoms with van der Waals surface area (Å²) in [6, 6.07) is 10.9. The zero-order valence-corrected chi connectivity index (χ0v) is 14.9. The Morgan fingerprint density at radius 1 is 1.00 bits per heavy atom. The van der Waals surface area contributed by atoms with Crippen LogP contribution >= 0.6 is 0 Å². The molecule has 10 nitrogen and oxygen atoms in total. The number of rotatable bonds is 6. The first kappa shape index (κ1) is 20.4. The Bertz CT molecular complexity index is 865. The number of non-ortho nitro benzene ring substituents is 1. The zero-order valence-electron chi connectivity index (χ0n) is 14.9. The van der Waals surface area contributed by atoms with E-state index in [1.54, 1.807) is 6.92 Å². The third-order valence-electron chi connectivity index (χ3n) is 3.48. The Hall–Kier alpha value is -3.95. The number of hydrogen-bond acceptors (Lipinski definition) is 6. The number of nitro groups is 1. The van der Waals surface area contributed by atoms with E-state index in [1.807, 2.05) is 0 Å². The van der Waals surface area contributed by atoms with Gasteiger partial charge in [0.05, 0.1) is 23.5 Å². The first-order chi connectivity index (χ1) is 13.4. The third kappa shape index (κ3) is 6.09. The van der Waals surface area contributed by atoms with Crippen LogP contribution in [0.4, 0.5) is 16.2 Å². The van der Waals surface area contributed by atoms with Crippen LogP contribution in [0.1, 0.15) is 22.8 Å². The number of nitrogens with one attached hydrogen (secondary N) is 3. The van der Waals surface area contributed by atoms with Crippen LogP contribution in [-0.2, 0) is 16.0 Å². The molecule has 0 saturated carbocycles. The van der Waals surface area contributed by atoms with Gasteiger partial charge in [0.25, 0.3) is 5.69 Å². The first-order valence-corrected chi connectivity index (χ1v) is 8.25. The summed E-state index contributed by atoms with van der Waals surface area (Å²) in [5.41, 5.74) is 5.66. The summed E-state index contributed by atoms with van der Waals surface area (Å²) in [6.45, 7) is 1.97. The molecule has 0 spiro atoms. The van der Waals surface area contributed by atoms with Crippen molar-refractivity contribution in [2.45, 2.75) is 13.3 Å². The summed E-state index contributed by atoms with van der Waals surface area (Å²) >= 11 is 0. The standard InChI is InChI=1S/C18H18N4O6/c1-2-28-17(24)13-5-7-14(8-6-13)19-18(25)21-20-16(23)11-12-3-9-15(10-4-12)22(26)27/h3-10H,2,11H2,1H3,(H,20,23)(H2,19,21,25). The minimum atomic E-state index is -0.680. The highest BCUT2D eigenvalue weighted by Gasteiger charge is 2.10. The van der Waals surface area contributed by atoms with Crippen molar-refractivity contribution in [2.24, 2.45) is 0 Å². The maximum absolute atomic E-state index is 11.8. The molecular formula is C18H18N4O6. The van der Waals surface area contributed by atoms with Crippen LogP contribution in [0.3, 0.4) is 0 Å². The quantitative estimate of drug-likeness (QED) is 0.395. The Balaban J connectivity index is 1.79. The van der Waals surface area contributed by atoms with Crippen LogP contribution in [0.25, 0.3) is 0 Å². The maximum atomic E-state index is 11.8. The highest BCUT2D eigenvalue weighted by molar-refractivity contribution is 5.93. The van der Waals surface area contributed by atoms with Crippen LogP contribution in [0.5, 0.6) is 0 Å². The molecule has 0 atom stereocenters. The summed E-state index contributed by atoms with van der Waals surface area (Å²) in [6.07, 6.45) is -0.0630. The molecular weight excluding hydrogens is 368 g/mol. The Morgan fingerprint density at radius 2 is 1.64 bits per heavy atom. The molecule has 146 valence electrons. The van der Waals surface area contributed by atoms with Crippen molar-refractivity contribution in [2.75, 3.05) is 11.9 Å². The van der Waals surface area contributed by atoms with Gasteiger partial charge < -0.3 is 10.1 Å². The first-order valence-electron chi connectivity index (χ1n) is 8.25. The van der Waals surface area contributed by atoms with Crippen molar-refractivity contribution in [1.29, 1.82) is 0 Å². The van der Waals surface area contributed by atoms with E-state index in [1.165, 1.54) is 48.5 Å². The summed E-state index contributed by atoms with van der Waals surface area (Å²) in [5, 5.41) is 13.1. The Morgan fingerprint density at radius 3 is 2.21 bits per heavy atom. The number of carbonyl (C=O) groups excluding carboxylic acids is 3. The van der Waals surface area contributed by atoms with Gasteiger partial charge in [-0.15, -0.1) is 0 Å². The second-order valence-corrected chi connectivity index (χ2v) is 5.53. The van der Waals surface area contributed by atoms with E-state index in [9.17, 15) is 24.5 Å². The lowest BCUT2D eigenvalue weighted by Crippen LogP contribution is -2.44. The van der Waals surface area contributed by atoms with Gasteiger partial charge in [0.2, 0.25) is 5.91 Å². The molecule has 0 radical (unpaired) electrons. The number of benzene rings is 2. The van der Waals surface area contributed by atoms with Crippen LogP contribution < -0.4 is 16.2 Å². The Kier molecular flexibility index (Phi) is 7.03. The number of nitrogens with zero attached hydrogens (tertiary/aromatic N) is 1. The number of anilines is 1. The van der Waals surface area contributed by atoms with E-state index < -0.39 is 22.8 Å². The van der Waals surface area contributed by atoms with Gasteiger partial charge in [-0.05, 0) is 36.8 Å². The van der Waals surface area contributed by atoms with E-state index in [-0.39, 0.29) is 18.7 Å². The van der Waals surface area contributed by atoms with Gasteiger partial charge in [0.15, 0.2) is 0 Å². The fourth-order valence-corrected chi connectivity index (χ4v) is 2.16. The third-order valence-corrected chi connectivity index (χ3v) is 3.48. The monoisotopic (exact) mass is 386 g/mol. The summed E-state index contributed by atoms with van der Waals surface area (Å²) in [7, 11) is 0. The van der Waals surface area contributed by atoms with Gasteiger partial charge in [-0.2, -0.15) is 0 Å². The molecule has 0 unspecified atom stereocenters. The number of hydrogen-bond donors (Lipinski definition) is 3. The van der Waals surface area contributed by atoms with Crippen molar-refractivity contribution < 1.29 is 24.0 Å². The van der Waals surface area contributed by atoms with Crippen LogP contribution in [0.2, 0.25) is 0 Å². The minimum absolute atomic E-state index is 0.0630. The lowest BCUT2D eigenvalue weighted by molar-refractivity contribution is -0.384. The molecule has 3 N–H and O–H groups in total. The number of esters is 1. The highest BCUT2D eigenvalue weighted by Crippen LogP contribution is 2.12. The van der Waals surface area contributed by atoms with Crippen molar-refractivity contribution in [1.82, 2.24) is 10.9 Å². The lowest BCUT2D eigenvalue weighted by atomic mass is 10.1. The number of ether oxygens (including phenoxy) is 1. The SMILES string of the molecule is CCOC(=O)c1ccc(NC(=O)NNC(=O)Cc2ccc([N+](=O)[O-])cc2)cc1. The van der Waals surface area contributed by atoms with E-state index in [2.05, 4.69) is 16.2 Å². The topological polar surface area (TPSA) is 140 Å². The molecule has 0 aromatic heterocycles. The molecule has 28 heavy (non-hydrogen) atoms. The number of nitro benzene ring substituents is 1. The summed E-state index contributed by atoms with van der Waals surface area (Å²) < 4.78 is 4.86. The molecule has 0 bridgehead atoms. The summed E-state index contributed by atoms with van der Waals surface area (Å²) in [5.74, 6) is -0.960. The van der Waals surface area contributed by atoms with Gasteiger partial charge in [-0.25, -0.2) is 15.0 Å². The molecule has 0 aliphatic heterocycles. The molecule has 3 amide bonds. The van der Waals surface area contributed by atoms with Crippen molar-refractivity contribution in [3.05, 3.63) is 69.8 Å². The predicted molar refractivity (Wildman–Crippen MR) is 99.5 cm³/mol. The van der Waals surface area contributed by atoms with Crippen molar-refractivity contribution in [3.63, 3.8) is 0 Å². The predicted octanol–water partition coefficient (Wildman–Crippen LogP) is 2.17. The second kappa shape index (κ2) is 9.67. The average Bonchev–Trinajstić information content (AvgIpc) is 2.67. The average molecular weight is 386 g/mol. The van der Waals surface area contributed by atoms with Crippen molar-refractivity contribution in [3.8, 4) is 0 Å². The highest BCUT2D eigenvalue weighted by atomic mass is 16.6. The maximum Gasteiger partial charge on any atom is 0.338 e. The molecule has 2 rings (SSSR count). The number of amides is 3. The number of carbonyl (C=O) groups is 3. The van der Waals surface area contributed by atoms with Gasteiger partial charge in [0.1, 0.15) is 0 Å². The van der Waals surface area contributed by atoms with Crippen molar-refractivity contribution >= 4 is 29.3 Å². The van der Waals surface area contributed by atoms with E-state index in [0.717, 1.165) is 0 Å². The van der Waals surface area contributed by atoms with Gasteiger partial charge in [-0.3, -0.25) is 20.3 Å². The lowest BCUT2D eigenvalue weighted by Gasteiger charge is -2.09. The Labute approximate surface area is 160 Å². The molecule has 0 saturated heterocycles. The van der Waals surface area contributed by atoms with E-state index in [0.29, 0.717) is 16.8 Å². The minimum Gasteiger partial charge on any atom is -0.462 e.